The van der Waals surface area contributed by atoms with Crippen LogP contribution in [0.1, 0.15) is 6.92 Å². The molecule has 0 bridgehead atoms. The first kappa shape index (κ1) is 9.26. The van der Waals surface area contributed by atoms with Crippen LogP contribution in [-0.4, -0.2) is 26.7 Å². The van der Waals surface area contributed by atoms with Crippen molar-refractivity contribution >= 4 is 21.3 Å². The average molecular weight is 171 g/mol. The third-order valence-electron chi connectivity index (χ3n) is 0.593. The second-order valence-electron chi connectivity index (χ2n) is 1.66. The normalized spacial score (nSPS) is 12.4. The molecule has 0 aliphatic rings. The summed E-state index contributed by atoms with van der Waals surface area (Å²) in [6.45, 7) is 1.56. The molecule has 0 aliphatic heterocycles. The van der Waals surface area contributed by atoms with E-state index in [1.807, 2.05) is 0 Å². The van der Waals surface area contributed by atoms with Crippen molar-refractivity contribution in [3.05, 3.63) is 0 Å². The second kappa shape index (κ2) is 3.43. The summed E-state index contributed by atoms with van der Waals surface area (Å²) in [7, 11) is -3.21. The van der Waals surface area contributed by atoms with Gasteiger partial charge in [-0.25, -0.2) is 0 Å². The van der Waals surface area contributed by atoms with E-state index in [0.717, 1.165) is 0 Å². The van der Waals surface area contributed by atoms with Crippen LogP contribution < -0.4 is 0 Å². The molecule has 56 valence electrons. The molecule has 0 aliphatic carbocycles. The second-order valence-corrected chi connectivity index (χ2v) is 5.38. The Labute approximate surface area is 59.1 Å². The number of rotatable bonds is 3. The van der Waals surface area contributed by atoms with Crippen LogP contribution in [0.15, 0.2) is 0 Å². The van der Waals surface area contributed by atoms with Crippen molar-refractivity contribution in [2.24, 2.45) is 0 Å². The van der Waals surface area contributed by atoms with Crippen LogP contribution in [0.2, 0.25) is 0 Å². The summed E-state index contributed by atoms with van der Waals surface area (Å²) in [6.07, 6.45) is 3.43. The molecule has 0 radical (unpaired) electrons. The lowest BCUT2D eigenvalue weighted by molar-refractivity contribution is 0.516. The van der Waals surface area contributed by atoms with Gasteiger partial charge in [0, 0.05) is 0 Å². The predicted octanol–water partition coefficient (Wildman–Crippen LogP) is 0.146. The van der Waals surface area contributed by atoms with Crippen molar-refractivity contribution in [1.82, 2.24) is 0 Å². The minimum absolute atomic E-state index is 0.0537. The summed E-state index contributed by atoms with van der Waals surface area (Å²) >= 11 is -0.473. The van der Waals surface area contributed by atoms with E-state index in [-0.39, 0.29) is 5.75 Å². The molecule has 5 heteroatoms. The SMILES string of the molecule is CCS(=O)(=O)O[S+](C)C. The maximum atomic E-state index is 10.6. The van der Waals surface area contributed by atoms with Crippen molar-refractivity contribution in [2.75, 3.05) is 18.3 Å². The van der Waals surface area contributed by atoms with Crippen LogP contribution in [0.3, 0.4) is 0 Å². The number of hydrogen-bond donors (Lipinski definition) is 0. The van der Waals surface area contributed by atoms with Crippen LogP contribution in [-0.2, 0) is 24.9 Å². The van der Waals surface area contributed by atoms with Crippen molar-refractivity contribution < 1.29 is 12.0 Å². The molecule has 0 spiro atoms. The first-order valence-corrected chi connectivity index (χ1v) is 6.02. The Morgan fingerprint density at radius 3 is 2.00 bits per heavy atom. The van der Waals surface area contributed by atoms with E-state index in [4.69, 9.17) is 0 Å². The van der Waals surface area contributed by atoms with Crippen molar-refractivity contribution in [3.63, 3.8) is 0 Å². The molecule has 9 heavy (non-hydrogen) atoms. The lowest BCUT2D eigenvalue weighted by atomic mass is 11.0. The zero-order valence-electron chi connectivity index (χ0n) is 5.75. The summed E-state index contributed by atoms with van der Waals surface area (Å²) < 4.78 is 25.8. The van der Waals surface area contributed by atoms with Crippen LogP contribution in [0.25, 0.3) is 0 Å². The molecule has 0 fully saturated rings. The third kappa shape index (κ3) is 4.74. The third-order valence-corrected chi connectivity index (χ3v) is 3.22. The van der Waals surface area contributed by atoms with Crippen molar-refractivity contribution in [3.8, 4) is 0 Å². The van der Waals surface area contributed by atoms with Gasteiger partial charge in [-0.1, -0.05) is 0 Å². The van der Waals surface area contributed by atoms with Gasteiger partial charge in [0.25, 0.3) is 0 Å². The summed E-state index contributed by atoms with van der Waals surface area (Å²) in [4.78, 5) is 0. The van der Waals surface area contributed by atoms with Crippen molar-refractivity contribution in [2.45, 2.75) is 6.92 Å². The molecule has 3 nitrogen and oxygen atoms in total. The van der Waals surface area contributed by atoms with Crippen LogP contribution >= 0.6 is 0 Å². The smallest absolute Gasteiger partial charge is 0.195 e. The fourth-order valence-corrected chi connectivity index (χ4v) is 2.30. The van der Waals surface area contributed by atoms with Gasteiger partial charge < -0.3 is 0 Å². The molecule has 0 saturated heterocycles. The van der Waals surface area contributed by atoms with E-state index in [9.17, 15) is 8.42 Å². The van der Waals surface area contributed by atoms with Gasteiger partial charge >= 0.3 is 10.1 Å². The van der Waals surface area contributed by atoms with Crippen LogP contribution in [0.5, 0.6) is 0 Å². The monoisotopic (exact) mass is 171 g/mol. The molecule has 0 rings (SSSR count). The van der Waals surface area contributed by atoms with Gasteiger partial charge in [0.2, 0.25) is 0 Å². The molecule has 0 unspecified atom stereocenters. The Hall–Kier alpha value is 0.260. The fourth-order valence-electron chi connectivity index (χ4n) is 0.255. The van der Waals surface area contributed by atoms with E-state index in [1.54, 1.807) is 19.4 Å². The standard InChI is InChI=1S/C4H11O3S2/c1-4-9(5,6)7-8(2)3/h4H2,1-3H3/q+1. The first-order valence-electron chi connectivity index (χ1n) is 2.48. The molecule has 0 aromatic carbocycles. The molecular weight excluding hydrogens is 160 g/mol. The maximum Gasteiger partial charge on any atom is 0.310 e. The molecule has 0 N–H and O–H groups in total. The highest BCUT2D eigenvalue weighted by Gasteiger charge is 2.17. The van der Waals surface area contributed by atoms with E-state index in [1.165, 1.54) is 0 Å². The van der Waals surface area contributed by atoms with Gasteiger partial charge in [0.1, 0.15) is 12.5 Å². The number of hydrogen-bond acceptors (Lipinski definition) is 3. The summed E-state index contributed by atoms with van der Waals surface area (Å²) in [5.74, 6) is 0.0537. The molecular formula is C4H11O3S2+. The molecule has 0 amide bonds. The van der Waals surface area contributed by atoms with E-state index in [0.29, 0.717) is 0 Å². The molecule has 0 aromatic rings. The Bertz CT molecular complexity index is 159. The largest absolute Gasteiger partial charge is 0.310 e. The lowest BCUT2D eigenvalue weighted by Gasteiger charge is -1.93. The van der Waals surface area contributed by atoms with E-state index >= 15 is 0 Å². The topological polar surface area (TPSA) is 43.4 Å². The minimum atomic E-state index is -3.21. The van der Waals surface area contributed by atoms with E-state index < -0.39 is 21.3 Å². The Morgan fingerprint density at radius 2 is 1.89 bits per heavy atom. The first-order chi connectivity index (χ1) is 3.98. The average Bonchev–Trinajstić information content (AvgIpc) is 1.63. The van der Waals surface area contributed by atoms with Gasteiger partial charge in [-0.05, 0) is 10.6 Å². The van der Waals surface area contributed by atoms with Gasteiger partial charge in [0.05, 0.1) is 5.75 Å². The summed E-state index contributed by atoms with van der Waals surface area (Å²) in [6, 6.07) is 0. The fraction of sp³-hybridized carbons (Fsp3) is 1.00. The minimum Gasteiger partial charge on any atom is -0.195 e. The quantitative estimate of drug-likeness (QED) is 0.568. The van der Waals surface area contributed by atoms with Gasteiger partial charge in [-0.3, -0.25) is 0 Å². The Kier molecular flexibility index (Phi) is 3.53. The molecule has 0 atom stereocenters. The van der Waals surface area contributed by atoms with Crippen molar-refractivity contribution in [1.29, 1.82) is 0 Å². The predicted molar refractivity (Wildman–Crippen MR) is 39.8 cm³/mol. The van der Waals surface area contributed by atoms with Gasteiger partial charge in [-0.15, -0.1) is 0 Å². The van der Waals surface area contributed by atoms with Crippen LogP contribution in [0, 0.1) is 0 Å². The van der Waals surface area contributed by atoms with Gasteiger partial charge in [0.15, 0.2) is 11.2 Å². The highest BCUT2D eigenvalue weighted by molar-refractivity contribution is 8.02. The van der Waals surface area contributed by atoms with Gasteiger partial charge in [-0.2, -0.15) is 8.42 Å². The summed E-state index contributed by atoms with van der Waals surface area (Å²) in [5, 5.41) is 0. The van der Waals surface area contributed by atoms with Crippen LogP contribution in [0.4, 0.5) is 0 Å². The summed E-state index contributed by atoms with van der Waals surface area (Å²) in [5.41, 5.74) is 0. The highest BCUT2D eigenvalue weighted by atomic mass is 32.3. The van der Waals surface area contributed by atoms with E-state index in [2.05, 4.69) is 3.63 Å². The lowest BCUT2D eigenvalue weighted by Crippen LogP contribution is -2.12. The molecule has 0 aromatic heterocycles. The Morgan fingerprint density at radius 1 is 1.44 bits per heavy atom. The molecule has 0 heterocycles. The molecule has 0 saturated carbocycles. The Balaban J connectivity index is 3.90. The maximum absolute atomic E-state index is 10.6. The highest BCUT2D eigenvalue weighted by Crippen LogP contribution is 1.97. The zero-order chi connectivity index (χ0) is 7.49. The zero-order valence-corrected chi connectivity index (χ0v) is 7.38.